The first kappa shape index (κ1) is 43.7. The van der Waals surface area contributed by atoms with Crippen molar-refractivity contribution < 1.29 is 38.2 Å². The van der Waals surface area contributed by atoms with Gasteiger partial charge < -0.3 is 29.3 Å². The van der Waals surface area contributed by atoms with Crippen molar-refractivity contribution in [2.75, 3.05) is 38.7 Å². The normalized spacial score (nSPS) is 25.1. The Labute approximate surface area is 369 Å². The molecule has 63 heavy (non-hydrogen) atoms. The van der Waals surface area contributed by atoms with Crippen molar-refractivity contribution >= 4 is 35.2 Å². The number of benzene rings is 3. The molecular weight excluding hydrogens is 801 g/mol. The molecule has 0 radical (unpaired) electrons. The van der Waals surface area contributed by atoms with Crippen LogP contribution in [0.15, 0.2) is 48.5 Å². The lowest BCUT2D eigenvalue weighted by Gasteiger charge is -2.63. The number of aryl methyl sites for hydroxylation is 2. The molecule has 4 fully saturated rings. The summed E-state index contributed by atoms with van der Waals surface area (Å²) >= 11 is 0. The number of rotatable bonds is 12. The highest BCUT2D eigenvalue weighted by molar-refractivity contribution is 6.24. The standard InChI is InChI=1S/C49H58N6O8/c1-27-19-33(20-28(2)37(27)25-50)63-47-48(3,4)46(49(47,5)6)52-42(57)30-9-11-31(12-10-30)54-17-15-29(16-18-54)26-53(7)32-21-34(22-32)62-35-23-36-41(39(24-35)61-8)45(60)55(44(36)59)38-13-14-40(56)51-43(38)58/h9-12,19-20,23-24,29,32,34,38,46-47H,13-18,21-22,26H2,1-8H3,(H,52,57)(H,51,56,58)/t32?,34?,38-,46?,47?/m1/s1. The lowest BCUT2D eigenvalue weighted by atomic mass is 9.49. The van der Waals surface area contributed by atoms with Gasteiger partial charge in [0.1, 0.15) is 35.5 Å². The summed E-state index contributed by atoms with van der Waals surface area (Å²) in [7, 11) is 3.59. The minimum atomic E-state index is -1.06. The first-order valence-corrected chi connectivity index (χ1v) is 22.1. The largest absolute Gasteiger partial charge is 0.496 e. The Morgan fingerprint density at radius 1 is 0.905 bits per heavy atom. The molecule has 3 heterocycles. The Bertz CT molecular complexity index is 2350. The van der Waals surface area contributed by atoms with Gasteiger partial charge in [0.2, 0.25) is 11.8 Å². The van der Waals surface area contributed by atoms with E-state index in [4.69, 9.17) is 14.2 Å². The molecule has 3 aromatic carbocycles. The third-order valence-electron chi connectivity index (χ3n) is 14.3. The molecule has 2 saturated heterocycles. The molecule has 0 aromatic heterocycles. The van der Waals surface area contributed by atoms with E-state index in [0.717, 1.165) is 72.8 Å². The summed E-state index contributed by atoms with van der Waals surface area (Å²) < 4.78 is 18.4. The monoisotopic (exact) mass is 858 g/mol. The number of nitriles is 1. The number of imide groups is 2. The van der Waals surface area contributed by atoms with Crippen LogP contribution < -0.4 is 29.7 Å². The van der Waals surface area contributed by atoms with E-state index in [2.05, 4.69) is 61.2 Å². The van der Waals surface area contributed by atoms with Gasteiger partial charge in [-0.05, 0) is 99.7 Å². The van der Waals surface area contributed by atoms with Crippen molar-refractivity contribution in [2.45, 2.75) is 110 Å². The molecule has 3 aromatic rings. The summed E-state index contributed by atoms with van der Waals surface area (Å²) in [4.78, 5) is 70.3. The van der Waals surface area contributed by atoms with Crippen LogP contribution in [0.1, 0.15) is 114 Å². The smallest absolute Gasteiger partial charge is 0.266 e. The van der Waals surface area contributed by atoms with Crippen LogP contribution in [0.25, 0.3) is 0 Å². The zero-order chi connectivity index (χ0) is 45.1. The topological polar surface area (TPSA) is 171 Å². The molecule has 2 aliphatic carbocycles. The minimum absolute atomic E-state index is 0.0464. The Balaban J connectivity index is 0.788. The third kappa shape index (κ3) is 8.01. The van der Waals surface area contributed by atoms with Crippen molar-refractivity contribution in [3.8, 4) is 23.3 Å². The van der Waals surface area contributed by atoms with E-state index in [1.165, 1.54) is 7.11 Å². The number of hydrogen-bond acceptors (Lipinski definition) is 11. The number of hydrogen-bond donors (Lipinski definition) is 2. The maximum Gasteiger partial charge on any atom is 0.266 e. The van der Waals surface area contributed by atoms with Gasteiger partial charge in [-0.1, -0.05) is 27.7 Å². The van der Waals surface area contributed by atoms with Crippen LogP contribution in [0, 0.1) is 41.9 Å². The third-order valence-corrected chi connectivity index (χ3v) is 14.3. The van der Waals surface area contributed by atoms with Gasteiger partial charge in [-0.15, -0.1) is 0 Å². The maximum absolute atomic E-state index is 13.6. The molecule has 1 atom stereocenters. The van der Waals surface area contributed by atoms with Gasteiger partial charge in [0, 0.05) is 79.1 Å². The molecule has 2 saturated carbocycles. The number of carbonyl (C=O) groups is 5. The summed E-state index contributed by atoms with van der Waals surface area (Å²) in [5.74, 6) is -0.464. The van der Waals surface area contributed by atoms with Crippen molar-refractivity contribution in [3.63, 3.8) is 0 Å². The van der Waals surface area contributed by atoms with E-state index in [1.807, 2.05) is 50.2 Å². The van der Waals surface area contributed by atoms with Crippen LogP contribution >= 0.6 is 0 Å². The molecule has 0 bridgehead atoms. The highest BCUT2D eigenvalue weighted by Gasteiger charge is 2.64. The van der Waals surface area contributed by atoms with Crippen molar-refractivity contribution in [2.24, 2.45) is 16.7 Å². The second kappa shape index (κ2) is 16.6. The molecule has 3 aliphatic heterocycles. The Morgan fingerprint density at radius 3 is 2.14 bits per heavy atom. The molecular formula is C49H58N6O8. The van der Waals surface area contributed by atoms with Gasteiger partial charge in [0.15, 0.2) is 0 Å². The molecule has 2 N–H and O–H groups in total. The van der Waals surface area contributed by atoms with Crippen molar-refractivity contribution in [1.82, 2.24) is 20.4 Å². The average molecular weight is 859 g/mol. The first-order chi connectivity index (χ1) is 29.9. The number of ether oxygens (including phenoxy) is 3. The fourth-order valence-electron chi connectivity index (χ4n) is 11.0. The SMILES string of the molecule is COc1cc(OC2CC(N(C)CC3CCN(c4ccc(C(=O)NC5C(C)(C)C(Oc6cc(C)c(C#N)c(C)c6)C5(C)C)cc4)CC3)C2)cc2c1C(=O)N([C@@H]1CCC(=O)NC1=O)C2=O. The van der Waals surface area contributed by atoms with E-state index < -0.39 is 29.7 Å². The summed E-state index contributed by atoms with van der Waals surface area (Å²) in [5.41, 5.74) is 3.78. The van der Waals surface area contributed by atoms with Crippen molar-refractivity contribution in [3.05, 3.63) is 81.9 Å². The quantitative estimate of drug-likeness (QED) is 0.206. The van der Waals surface area contributed by atoms with E-state index in [9.17, 15) is 29.2 Å². The molecule has 5 amide bonds. The van der Waals surface area contributed by atoms with Gasteiger partial charge in [-0.3, -0.25) is 34.2 Å². The number of amides is 5. The number of fused-ring (bicyclic) bond motifs is 1. The van der Waals surface area contributed by atoms with Gasteiger partial charge in [0.25, 0.3) is 17.7 Å². The number of nitrogens with one attached hydrogen (secondary N) is 2. The molecule has 14 nitrogen and oxygen atoms in total. The zero-order valence-electron chi connectivity index (χ0n) is 37.5. The van der Waals surface area contributed by atoms with E-state index in [0.29, 0.717) is 28.8 Å². The predicted molar refractivity (Wildman–Crippen MR) is 235 cm³/mol. The molecule has 5 aliphatic rings. The second-order valence-electron chi connectivity index (χ2n) is 19.4. The van der Waals surface area contributed by atoms with Crippen LogP contribution in [0.5, 0.6) is 17.2 Å². The summed E-state index contributed by atoms with van der Waals surface area (Å²) in [5, 5.41) is 15.0. The van der Waals surface area contributed by atoms with E-state index in [1.54, 1.807) is 12.1 Å². The maximum atomic E-state index is 13.6. The lowest BCUT2D eigenvalue weighted by molar-refractivity contribution is -0.164. The van der Waals surface area contributed by atoms with E-state index >= 15 is 0 Å². The molecule has 14 heteroatoms. The van der Waals surface area contributed by atoms with Gasteiger partial charge in [0.05, 0.1) is 29.9 Å². The number of methoxy groups -OCH3 is 1. The number of nitrogens with zero attached hydrogens (tertiary/aromatic N) is 4. The summed E-state index contributed by atoms with van der Waals surface area (Å²) in [6, 6.07) is 16.4. The number of anilines is 1. The average Bonchev–Trinajstić information content (AvgIpc) is 3.47. The van der Waals surface area contributed by atoms with Crippen molar-refractivity contribution in [1.29, 1.82) is 5.26 Å². The van der Waals surface area contributed by atoms with Crippen LogP contribution in [0.2, 0.25) is 0 Å². The van der Waals surface area contributed by atoms with Gasteiger partial charge >= 0.3 is 0 Å². The fourth-order valence-corrected chi connectivity index (χ4v) is 11.0. The highest BCUT2D eigenvalue weighted by atomic mass is 16.5. The molecule has 332 valence electrons. The first-order valence-electron chi connectivity index (χ1n) is 22.1. The fraction of sp³-hybridized carbons (Fsp3) is 0.510. The second-order valence-corrected chi connectivity index (χ2v) is 19.4. The molecule has 0 spiro atoms. The van der Waals surface area contributed by atoms with Crippen LogP contribution in [-0.4, -0.2) is 103 Å². The number of carbonyl (C=O) groups excluding carboxylic acids is 5. The van der Waals surface area contributed by atoms with Crippen LogP contribution in [-0.2, 0) is 9.59 Å². The molecule has 0 unspecified atom stereocenters. The van der Waals surface area contributed by atoms with Crippen LogP contribution in [0.3, 0.4) is 0 Å². The predicted octanol–water partition coefficient (Wildman–Crippen LogP) is 5.96. The Morgan fingerprint density at radius 2 is 1.54 bits per heavy atom. The summed E-state index contributed by atoms with van der Waals surface area (Å²) in [6.07, 6.45) is 3.71. The number of piperidine rings is 2. The zero-order valence-corrected chi connectivity index (χ0v) is 37.5. The van der Waals surface area contributed by atoms with E-state index in [-0.39, 0.29) is 64.7 Å². The highest BCUT2D eigenvalue weighted by Crippen LogP contribution is 2.55. The van der Waals surface area contributed by atoms with Gasteiger partial charge in [-0.25, -0.2) is 0 Å². The minimum Gasteiger partial charge on any atom is -0.496 e. The summed E-state index contributed by atoms with van der Waals surface area (Å²) in [6.45, 7) is 15.2. The Hall–Kier alpha value is -5.94. The lowest BCUT2D eigenvalue weighted by Crippen LogP contribution is -2.74. The Kier molecular flexibility index (Phi) is 11.5. The molecule has 8 rings (SSSR count). The van der Waals surface area contributed by atoms with Crippen LogP contribution in [0.4, 0.5) is 5.69 Å². The van der Waals surface area contributed by atoms with Gasteiger partial charge in [-0.2, -0.15) is 5.26 Å².